The standard InChI is InChI=1S/C10H15NO3/c1-13-11(14-2)7-6-9-4-3-5-10(12)8-9/h3-5,8,12H,6-7H2,1-2H3. The van der Waals surface area contributed by atoms with Crippen LogP contribution in [0, 0.1) is 0 Å². The van der Waals surface area contributed by atoms with E-state index < -0.39 is 0 Å². The SMILES string of the molecule is CON(CCc1cccc(O)c1)OC. The highest BCUT2D eigenvalue weighted by atomic mass is 16.9. The number of phenols is 1. The molecule has 0 saturated heterocycles. The summed E-state index contributed by atoms with van der Waals surface area (Å²) in [5, 5.41) is 10.6. The number of benzene rings is 1. The summed E-state index contributed by atoms with van der Waals surface area (Å²) in [6.07, 6.45) is 0.760. The van der Waals surface area contributed by atoms with Crippen LogP contribution in [0.25, 0.3) is 0 Å². The number of aromatic hydroxyl groups is 1. The summed E-state index contributed by atoms with van der Waals surface area (Å²) in [4.78, 5) is 9.80. The van der Waals surface area contributed by atoms with Crippen LogP contribution >= 0.6 is 0 Å². The minimum Gasteiger partial charge on any atom is -0.508 e. The minimum atomic E-state index is 0.281. The van der Waals surface area contributed by atoms with E-state index in [0.29, 0.717) is 6.54 Å². The smallest absolute Gasteiger partial charge is 0.115 e. The van der Waals surface area contributed by atoms with Gasteiger partial charge in [-0.2, -0.15) is 0 Å². The van der Waals surface area contributed by atoms with E-state index in [0.717, 1.165) is 12.0 Å². The van der Waals surface area contributed by atoms with Gasteiger partial charge in [0.1, 0.15) is 5.75 Å². The van der Waals surface area contributed by atoms with Crippen molar-refractivity contribution in [2.75, 3.05) is 20.8 Å². The Morgan fingerprint density at radius 3 is 2.57 bits per heavy atom. The van der Waals surface area contributed by atoms with Crippen molar-refractivity contribution >= 4 is 0 Å². The maximum atomic E-state index is 9.22. The van der Waals surface area contributed by atoms with E-state index in [-0.39, 0.29) is 5.75 Å². The van der Waals surface area contributed by atoms with E-state index in [1.54, 1.807) is 26.4 Å². The zero-order valence-corrected chi connectivity index (χ0v) is 8.43. The first-order chi connectivity index (χ1) is 6.76. The van der Waals surface area contributed by atoms with Crippen LogP contribution in [0.1, 0.15) is 5.56 Å². The molecular formula is C10H15NO3. The molecule has 0 amide bonds. The highest BCUT2D eigenvalue weighted by Crippen LogP contribution is 2.11. The normalized spacial score (nSPS) is 10.8. The predicted octanol–water partition coefficient (Wildman–Crippen LogP) is 1.36. The number of rotatable bonds is 5. The highest BCUT2D eigenvalue weighted by molar-refractivity contribution is 5.27. The minimum absolute atomic E-state index is 0.281. The third kappa shape index (κ3) is 3.33. The molecule has 4 nitrogen and oxygen atoms in total. The molecule has 4 heteroatoms. The van der Waals surface area contributed by atoms with E-state index in [9.17, 15) is 5.11 Å². The summed E-state index contributed by atoms with van der Waals surface area (Å²) < 4.78 is 0. The van der Waals surface area contributed by atoms with Crippen LogP contribution in [0.15, 0.2) is 24.3 Å². The molecule has 0 aliphatic carbocycles. The summed E-state index contributed by atoms with van der Waals surface area (Å²) in [5.41, 5.74) is 1.05. The molecule has 0 unspecified atom stereocenters. The number of hydrogen-bond acceptors (Lipinski definition) is 4. The van der Waals surface area contributed by atoms with Gasteiger partial charge in [-0.05, 0) is 24.1 Å². The van der Waals surface area contributed by atoms with Gasteiger partial charge >= 0.3 is 0 Å². The number of hydrogen-bond donors (Lipinski definition) is 1. The maximum Gasteiger partial charge on any atom is 0.115 e. The van der Waals surface area contributed by atoms with Crippen molar-refractivity contribution in [3.8, 4) is 5.75 Å². The highest BCUT2D eigenvalue weighted by Gasteiger charge is 2.02. The molecule has 1 aromatic rings. The molecule has 0 aliphatic rings. The molecule has 1 N–H and O–H groups in total. The molecule has 0 spiro atoms. The van der Waals surface area contributed by atoms with Gasteiger partial charge in [0.25, 0.3) is 0 Å². The molecule has 0 radical (unpaired) electrons. The Hall–Kier alpha value is -1.10. The van der Waals surface area contributed by atoms with E-state index in [2.05, 4.69) is 0 Å². The van der Waals surface area contributed by atoms with Crippen LogP contribution in [0.4, 0.5) is 0 Å². The fourth-order valence-corrected chi connectivity index (χ4v) is 1.19. The molecule has 1 aromatic carbocycles. The van der Waals surface area contributed by atoms with Crippen LogP contribution < -0.4 is 0 Å². The first kappa shape index (κ1) is 11.0. The maximum absolute atomic E-state index is 9.22. The lowest BCUT2D eigenvalue weighted by Gasteiger charge is -2.15. The zero-order chi connectivity index (χ0) is 10.4. The summed E-state index contributed by atoms with van der Waals surface area (Å²) in [5.74, 6) is 0.281. The molecule has 0 fully saturated rings. The summed E-state index contributed by atoms with van der Waals surface area (Å²) in [6.45, 7) is 0.621. The van der Waals surface area contributed by atoms with Gasteiger partial charge in [-0.1, -0.05) is 17.4 Å². The Morgan fingerprint density at radius 2 is 2.00 bits per heavy atom. The summed E-state index contributed by atoms with van der Waals surface area (Å²) in [6, 6.07) is 7.13. The number of nitrogens with zero attached hydrogens (tertiary/aromatic N) is 1. The molecule has 0 saturated carbocycles. The number of phenolic OH excluding ortho intramolecular Hbond substituents is 1. The molecule has 0 heterocycles. The van der Waals surface area contributed by atoms with Gasteiger partial charge in [0.2, 0.25) is 0 Å². The Bertz CT molecular complexity index is 274. The van der Waals surface area contributed by atoms with Crippen molar-refractivity contribution in [3.63, 3.8) is 0 Å². The van der Waals surface area contributed by atoms with Crippen molar-refractivity contribution in [1.29, 1.82) is 0 Å². The Labute approximate surface area is 83.6 Å². The van der Waals surface area contributed by atoms with Crippen LogP contribution in [-0.2, 0) is 16.1 Å². The van der Waals surface area contributed by atoms with Gasteiger partial charge in [0.15, 0.2) is 0 Å². The monoisotopic (exact) mass is 197 g/mol. The van der Waals surface area contributed by atoms with E-state index in [1.807, 2.05) is 12.1 Å². The summed E-state index contributed by atoms with van der Waals surface area (Å²) in [7, 11) is 3.10. The van der Waals surface area contributed by atoms with Gasteiger partial charge in [0.05, 0.1) is 20.8 Å². The largest absolute Gasteiger partial charge is 0.508 e. The van der Waals surface area contributed by atoms with Gasteiger partial charge in [-0.25, -0.2) is 0 Å². The zero-order valence-electron chi connectivity index (χ0n) is 8.43. The fourth-order valence-electron chi connectivity index (χ4n) is 1.19. The van der Waals surface area contributed by atoms with Gasteiger partial charge in [0, 0.05) is 0 Å². The average Bonchev–Trinajstić information content (AvgIpc) is 2.19. The molecule has 78 valence electrons. The molecule has 0 bridgehead atoms. The second-order valence-electron chi connectivity index (χ2n) is 2.84. The summed E-state index contributed by atoms with van der Waals surface area (Å²) >= 11 is 0. The third-order valence-corrected chi connectivity index (χ3v) is 1.90. The quantitative estimate of drug-likeness (QED) is 0.724. The second kappa shape index (κ2) is 5.59. The van der Waals surface area contributed by atoms with Crippen LogP contribution in [0.5, 0.6) is 5.75 Å². The molecule has 0 atom stereocenters. The van der Waals surface area contributed by atoms with E-state index >= 15 is 0 Å². The van der Waals surface area contributed by atoms with Gasteiger partial charge in [-0.3, -0.25) is 9.68 Å². The Balaban J connectivity index is 2.44. The van der Waals surface area contributed by atoms with Crippen molar-refractivity contribution < 1.29 is 14.8 Å². The van der Waals surface area contributed by atoms with Crippen LogP contribution in [0.3, 0.4) is 0 Å². The lowest BCUT2D eigenvalue weighted by molar-refractivity contribution is -0.341. The van der Waals surface area contributed by atoms with Crippen LogP contribution in [0.2, 0.25) is 0 Å². The first-order valence-electron chi connectivity index (χ1n) is 4.40. The van der Waals surface area contributed by atoms with Gasteiger partial charge < -0.3 is 5.11 Å². The average molecular weight is 197 g/mol. The molecule has 0 aliphatic heterocycles. The Kier molecular flexibility index (Phi) is 4.39. The van der Waals surface area contributed by atoms with Crippen LogP contribution in [-0.4, -0.2) is 31.1 Å². The van der Waals surface area contributed by atoms with Crippen molar-refractivity contribution in [1.82, 2.24) is 5.23 Å². The van der Waals surface area contributed by atoms with E-state index in [1.165, 1.54) is 5.23 Å². The predicted molar refractivity (Wildman–Crippen MR) is 52.5 cm³/mol. The second-order valence-corrected chi connectivity index (χ2v) is 2.84. The van der Waals surface area contributed by atoms with Crippen molar-refractivity contribution in [3.05, 3.63) is 29.8 Å². The lowest BCUT2D eigenvalue weighted by Crippen LogP contribution is -2.23. The molecular weight excluding hydrogens is 182 g/mol. The molecule has 1 rings (SSSR count). The van der Waals surface area contributed by atoms with Gasteiger partial charge in [-0.15, -0.1) is 0 Å². The van der Waals surface area contributed by atoms with Crippen molar-refractivity contribution in [2.45, 2.75) is 6.42 Å². The lowest BCUT2D eigenvalue weighted by atomic mass is 10.1. The fraction of sp³-hybridized carbons (Fsp3) is 0.400. The third-order valence-electron chi connectivity index (χ3n) is 1.90. The molecule has 14 heavy (non-hydrogen) atoms. The number of hydroxylamine groups is 2. The Morgan fingerprint density at radius 1 is 1.29 bits per heavy atom. The van der Waals surface area contributed by atoms with Crippen molar-refractivity contribution in [2.24, 2.45) is 0 Å². The first-order valence-corrected chi connectivity index (χ1v) is 4.40. The van der Waals surface area contributed by atoms with E-state index in [4.69, 9.17) is 9.68 Å². The molecule has 0 aromatic heterocycles. The topological polar surface area (TPSA) is 41.9 Å².